The van der Waals surface area contributed by atoms with Crippen LogP contribution in [0.15, 0.2) is 42.5 Å². The van der Waals surface area contributed by atoms with Crippen molar-refractivity contribution in [3.63, 3.8) is 0 Å². The molecule has 39 heavy (non-hydrogen) atoms. The molecule has 0 unspecified atom stereocenters. The summed E-state index contributed by atoms with van der Waals surface area (Å²) < 4.78 is 38.6. The summed E-state index contributed by atoms with van der Waals surface area (Å²) in [4.78, 5) is 16.0. The largest absolute Gasteiger partial charge is 0.493 e. The van der Waals surface area contributed by atoms with Crippen LogP contribution in [0.2, 0.25) is 0 Å². The van der Waals surface area contributed by atoms with E-state index in [1.807, 2.05) is 35.2 Å². The maximum absolute atomic E-state index is 14.1. The smallest absolute Gasteiger partial charge is 0.254 e. The predicted octanol–water partition coefficient (Wildman–Crippen LogP) is 4.73. The fraction of sp³-hybridized carbons (Fsp3) is 0.367. The number of benzene rings is 3. The third-order valence-corrected chi connectivity index (χ3v) is 7.05. The first kappa shape index (κ1) is 27.8. The number of rotatable bonds is 10. The summed E-state index contributed by atoms with van der Waals surface area (Å²) in [6, 6.07) is 12.8. The average molecular weight is 538 g/mol. The molecule has 0 aromatic heterocycles. The Balaban J connectivity index is 1.82. The highest BCUT2D eigenvalue weighted by atomic mass is 16.5. The third kappa shape index (κ3) is 5.34. The summed E-state index contributed by atoms with van der Waals surface area (Å²) in [6.45, 7) is 0.510. The molecule has 1 heterocycles. The molecule has 4 rings (SSSR count). The molecule has 208 valence electrons. The molecule has 1 aliphatic rings. The van der Waals surface area contributed by atoms with E-state index in [0.29, 0.717) is 65.2 Å². The van der Waals surface area contributed by atoms with E-state index in [4.69, 9.17) is 33.2 Å². The van der Waals surface area contributed by atoms with Gasteiger partial charge in [-0.15, -0.1) is 0 Å². The Bertz CT molecular complexity index is 1310. The lowest BCUT2D eigenvalue weighted by atomic mass is 9.87. The molecule has 0 saturated carbocycles. The van der Waals surface area contributed by atoms with Crippen molar-refractivity contribution in [2.75, 3.05) is 56.3 Å². The Labute approximate surface area is 229 Å². The minimum absolute atomic E-state index is 0.153. The molecule has 9 nitrogen and oxygen atoms in total. The number of amides is 1. The first-order valence-corrected chi connectivity index (χ1v) is 12.5. The molecule has 0 saturated heterocycles. The van der Waals surface area contributed by atoms with Crippen molar-refractivity contribution in [2.45, 2.75) is 18.9 Å². The van der Waals surface area contributed by atoms with Crippen LogP contribution in [0.3, 0.4) is 0 Å². The van der Waals surface area contributed by atoms with Gasteiger partial charge in [0.2, 0.25) is 5.75 Å². The van der Waals surface area contributed by atoms with Gasteiger partial charge in [0.05, 0.1) is 55.8 Å². The molecule has 9 heteroatoms. The van der Waals surface area contributed by atoms with Crippen LogP contribution in [0.5, 0.6) is 40.2 Å². The van der Waals surface area contributed by atoms with Gasteiger partial charge in [-0.2, -0.15) is 0 Å². The molecule has 1 amide bonds. The Morgan fingerprint density at radius 3 is 1.82 bits per heavy atom. The van der Waals surface area contributed by atoms with Gasteiger partial charge < -0.3 is 38.1 Å². The lowest BCUT2D eigenvalue weighted by Crippen LogP contribution is -2.41. The molecule has 0 fully saturated rings. The zero-order valence-corrected chi connectivity index (χ0v) is 23.5. The van der Waals surface area contributed by atoms with Gasteiger partial charge in [-0.1, -0.05) is 6.07 Å². The van der Waals surface area contributed by atoms with Gasteiger partial charge in [-0.3, -0.25) is 4.79 Å². The van der Waals surface area contributed by atoms with Crippen LogP contribution >= 0.6 is 0 Å². The molecular weight excluding hydrogens is 502 g/mol. The van der Waals surface area contributed by atoms with Crippen molar-refractivity contribution in [1.82, 2.24) is 4.90 Å². The average Bonchev–Trinajstić information content (AvgIpc) is 2.98. The highest BCUT2D eigenvalue weighted by Crippen LogP contribution is 2.43. The van der Waals surface area contributed by atoms with E-state index < -0.39 is 0 Å². The van der Waals surface area contributed by atoms with Crippen molar-refractivity contribution in [3.05, 3.63) is 64.7 Å². The van der Waals surface area contributed by atoms with Crippen LogP contribution in [-0.2, 0) is 12.8 Å². The maximum Gasteiger partial charge on any atom is 0.254 e. The molecule has 3 aromatic carbocycles. The highest BCUT2D eigenvalue weighted by Gasteiger charge is 2.34. The first-order valence-electron chi connectivity index (χ1n) is 12.5. The number of ether oxygens (including phenoxy) is 7. The topological polar surface area (TPSA) is 84.9 Å². The van der Waals surface area contributed by atoms with E-state index in [9.17, 15) is 4.79 Å². The van der Waals surface area contributed by atoms with E-state index in [1.165, 1.54) is 21.3 Å². The SMILES string of the molecule is COc1ccc(C[C@@H]2c3cc(OC)c(OC)cc3CCN2C(=O)c2cc(OC)c(OC)c(OC)c2)cc1OC. The number of hydrogen-bond acceptors (Lipinski definition) is 8. The molecule has 0 spiro atoms. The third-order valence-electron chi connectivity index (χ3n) is 7.05. The van der Waals surface area contributed by atoms with Crippen LogP contribution in [0.25, 0.3) is 0 Å². The second kappa shape index (κ2) is 12.1. The van der Waals surface area contributed by atoms with Crippen LogP contribution in [-0.4, -0.2) is 67.1 Å². The normalized spacial score (nSPS) is 14.2. The van der Waals surface area contributed by atoms with Crippen LogP contribution in [0.1, 0.15) is 33.1 Å². The van der Waals surface area contributed by atoms with Crippen molar-refractivity contribution in [1.29, 1.82) is 0 Å². The lowest BCUT2D eigenvalue weighted by molar-refractivity contribution is 0.0658. The van der Waals surface area contributed by atoms with Crippen molar-refractivity contribution >= 4 is 5.91 Å². The summed E-state index contributed by atoms with van der Waals surface area (Å²) in [5.74, 6) is 3.64. The molecule has 0 radical (unpaired) electrons. The van der Waals surface area contributed by atoms with Gasteiger partial charge in [-0.05, 0) is 65.9 Å². The fourth-order valence-corrected chi connectivity index (χ4v) is 5.09. The molecule has 3 aromatic rings. The van der Waals surface area contributed by atoms with Gasteiger partial charge in [0, 0.05) is 12.1 Å². The highest BCUT2D eigenvalue weighted by molar-refractivity contribution is 5.96. The van der Waals surface area contributed by atoms with Crippen LogP contribution in [0.4, 0.5) is 0 Å². The summed E-state index contributed by atoms with van der Waals surface area (Å²) in [5.41, 5.74) is 3.52. The fourth-order valence-electron chi connectivity index (χ4n) is 5.09. The van der Waals surface area contributed by atoms with Gasteiger partial charge >= 0.3 is 0 Å². The van der Waals surface area contributed by atoms with Crippen molar-refractivity contribution in [3.8, 4) is 40.2 Å². The number of carbonyl (C=O) groups excluding carboxylic acids is 1. The van der Waals surface area contributed by atoms with Crippen LogP contribution in [0, 0.1) is 0 Å². The molecular formula is C30H35NO8. The standard InChI is InChI=1S/C30H35NO8/c1-33-23-9-8-18(13-24(23)34-2)12-22-21-17-26(36-4)25(35-3)14-19(21)10-11-31(22)30(32)20-15-27(37-5)29(39-7)28(16-20)38-6/h8-9,13-17,22H,10-12H2,1-7H3/t22-/m1/s1. The molecule has 0 bridgehead atoms. The number of hydrogen-bond donors (Lipinski definition) is 0. The number of fused-ring (bicyclic) bond motifs is 1. The van der Waals surface area contributed by atoms with Gasteiger partial charge in [-0.25, -0.2) is 0 Å². The maximum atomic E-state index is 14.1. The van der Waals surface area contributed by atoms with Crippen molar-refractivity contribution in [2.24, 2.45) is 0 Å². The molecule has 1 aliphatic heterocycles. The van der Waals surface area contributed by atoms with E-state index in [-0.39, 0.29) is 11.9 Å². The lowest BCUT2D eigenvalue weighted by Gasteiger charge is -2.38. The van der Waals surface area contributed by atoms with E-state index in [0.717, 1.165) is 16.7 Å². The summed E-state index contributed by atoms with van der Waals surface area (Å²) >= 11 is 0. The minimum Gasteiger partial charge on any atom is -0.493 e. The number of methoxy groups -OCH3 is 7. The van der Waals surface area contributed by atoms with Gasteiger partial charge in [0.1, 0.15) is 0 Å². The molecule has 0 aliphatic carbocycles. The van der Waals surface area contributed by atoms with E-state index >= 15 is 0 Å². The van der Waals surface area contributed by atoms with Gasteiger partial charge in [0.15, 0.2) is 34.5 Å². The van der Waals surface area contributed by atoms with E-state index in [1.54, 1.807) is 40.6 Å². The monoisotopic (exact) mass is 537 g/mol. The number of carbonyl (C=O) groups is 1. The quantitative estimate of drug-likeness (QED) is 0.367. The van der Waals surface area contributed by atoms with Crippen LogP contribution < -0.4 is 33.2 Å². The van der Waals surface area contributed by atoms with E-state index in [2.05, 4.69) is 0 Å². The Morgan fingerprint density at radius 1 is 0.692 bits per heavy atom. The van der Waals surface area contributed by atoms with Crippen molar-refractivity contribution < 1.29 is 38.0 Å². The second-order valence-corrected chi connectivity index (χ2v) is 8.98. The zero-order valence-electron chi connectivity index (χ0n) is 23.5. The summed E-state index contributed by atoms with van der Waals surface area (Å²) in [6.07, 6.45) is 1.20. The predicted molar refractivity (Wildman–Crippen MR) is 146 cm³/mol. The molecule has 0 N–H and O–H groups in total. The summed E-state index contributed by atoms with van der Waals surface area (Å²) in [5, 5.41) is 0. The molecule has 1 atom stereocenters. The second-order valence-electron chi connectivity index (χ2n) is 8.98. The summed E-state index contributed by atoms with van der Waals surface area (Å²) in [7, 11) is 11.0. The first-order chi connectivity index (χ1) is 18.9. The Morgan fingerprint density at radius 2 is 1.26 bits per heavy atom. The minimum atomic E-state index is -0.293. The Kier molecular flexibility index (Phi) is 8.59. The zero-order chi connectivity index (χ0) is 28.1. The Hall–Kier alpha value is -4.27. The van der Waals surface area contributed by atoms with Gasteiger partial charge in [0.25, 0.3) is 5.91 Å². The number of nitrogens with zero attached hydrogens (tertiary/aromatic N) is 1.